The van der Waals surface area contributed by atoms with E-state index in [1.54, 1.807) is 18.5 Å². The van der Waals surface area contributed by atoms with E-state index >= 15 is 0 Å². The second-order valence-electron chi connectivity index (χ2n) is 4.02. The van der Waals surface area contributed by atoms with Crippen LogP contribution in [0.5, 0.6) is 0 Å². The second-order valence-corrected chi connectivity index (χ2v) is 4.02. The zero-order valence-electron chi connectivity index (χ0n) is 9.15. The third-order valence-corrected chi connectivity index (χ3v) is 2.76. The highest BCUT2D eigenvalue weighted by Gasteiger charge is 2.15. The molecule has 1 fully saturated rings. The Morgan fingerprint density at radius 3 is 3.00 bits per heavy atom. The molecule has 1 saturated heterocycles. The van der Waals surface area contributed by atoms with Crippen molar-refractivity contribution < 1.29 is 4.79 Å². The zero-order chi connectivity index (χ0) is 11.2. The van der Waals surface area contributed by atoms with Gasteiger partial charge in [-0.3, -0.25) is 10.1 Å². The van der Waals surface area contributed by atoms with Gasteiger partial charge in [0, 0.05) is 18.8 Å². The molecule has 0 saturated carbocycles. The number of rotatable bonds is 4. The Morgan fingerprint density at radius 1 is 1.50 bits per heavy atom. The van der Waals surface area contributed by atoms with Crippen molar-refractivity contribution in [1.82, 2.24) is 15.3 Å². The minimum Gasteiger partial charge on any atom is -0.316 e. The molecule has 1 aliphatic rings. The summed E-state index contributed by atoms with van der Waals surface area (Å²) in [7, 11) is 0. The summed E-state index contributed by atoms with van der Waals surface area (Å²) in [6, 6.07) is 1.72. The highest BCUT2D eigenvalue weighted by molar-refractivity contribution is 5.88. The van der Waals surface area contributed by atoms with Gasteiger partial charge < -0.3 is 5.32 Å². The first-order valence-electron chi connectivity index (χ1n) is 5.62. The quantitative estimate of drug-likeness (QED) is 0.787. The number of carbonyl (C=O) groups is 1. The summed E-state index contributed by atoms with van der Waals surface area (Å²) in [5.41, 5.74) is 0. The smallest absolute Gasteiger partial charge is 0.229 e. The van der Waals surface area contributed by atoms with Crippen LogP contribution in [0.15, 0.2) is 18.5 Å². The van der Waals surface area contributed by atoms with Crippen LogP contribution in [0.3, 0.4) is 0 Å². The normalized spacial score (nSPS) is 19.6. The van der Waals surface area contributed by atoms with Crippen LogP contribution < -0.4 is 10.6 Å². The molecular weight excluding hydrogens is 204 g/mol. The molecule has 16 heavy (non-hydrogen) atoms. The lowest BCUT2D eigenvalue weighted by Crippen LogP contribution is -2.16. The topological polar surface area (TPSA) is 66.9 Å². The molecule has 5 heteroatoms. The lowest BCUT2D eigenvalue weighted by Gasteiger charge is -2.07. The molecule has 1 amide bonds. The maximum Gasteiger partial charge on any atom is 0.229 e. The van der Waals surface area contributed by atoms with E-state index in [0.29, 0.717) is 18.3 Å². The molecule has 1 unspecified atom stereocenters. The fraction of sp³-hybridized carbons (Fsp3) is 0.545. The molecule has 86 valence electrons. The first-order chi connectivity index (χ1) is 7.84. The fourth-order valence-corrected chi connectivity index (χ4v) is 1.85. The summed E-state index contributed by atoms with van der Waals surface area (Å²) in [6.07, 6.45) is 5.89. The molecule has 2 N–H and O–H groups in total. The van der Waals surface area contributed by atoms with Crippen molar-refractivity contribution in [3.8, 4) is 0 Å². The van der Waals surface area contributed by atoms with E-state index < -0.39 is 0 Å². The molecule has 0 aromatic carbocycles. The van der Waals surface area contributed by atoms with E-state index in [9.17, 15) is 4.79 Å². The lowest BCUT2D eigenvalue weighted by atomic mass is 10.0. The van der Waals surface area contributed by atoms with Crippen molar-refractivity contribution >= 4 is 11.9 Å². The van der Waals surface area contributed by atoms with E-state index in [2.05, 4.69) is 20.6 Å². The fourth-order valence-electron chi connectivity index (χ4n) is 1.85. The molecule has 1 aromatic heterocycles. The Kier molecular flexibility index (Phi) is 3.82. The van der Waals surface area contributed by atoms with Crippen LogP contribution in [0, 0.1) is 5.92 Å². The van der Waals surface area contributed by atoms with Gasteiger partial charge in [0.25, 0.3) is 0 Å². The highest BCUT2D eigenvalue weighted by Crippen LogP contribution is 2.14. The van der Waals surface area contributed by atoms with E-state index in [4.69, 9.17) is 0 Å². The van der Waals surface area contributed by atoms with Gasteiger partial charge in [-0.25, -0.2) is 9.97 Å². The van der Waals surface area contributed by atoms with Gasteiger partial charge in [-0.2, -0.15) is 0 Å². The van der Waals surface area contributed by atoms with Gasteiger partial charge >= 0.3 is 0 Å². The maximum absolute atomic E-state index is 11.6. The number of nitrogens with one attached hydrogen (secondary N) is 2. The monoisotopic (exact) mass is 220 g/mol. The molecule has 0 radical (unpaired) electrons. The molecule has 5 nitrogen and oxygen atoms in total. The number of nitrogens with zero attached hydrogens (tertiary/aromatic N) is 2. The average molecular weight is 220 g/mol. The van der Waals surface area contributed by atoms with Crippen LogP contribution in [0.2, 0.25) is 0 Å². The highest BCUT2D eigenvalue weighted by atomic mass is 16.1. The standard InChI is InChI=1S/C11H16N4O/c16-10(3-2-9-4-7-12-8-9)15-11-13-5-1-6-14-11/h1,5-6,9,12H,2-4,7-8H2,(H,13,14,15,16). The predicted octanol–water partition coefficient (Wildman–Crippen LogP) is 0.805. The Bertz CT molecular complexity index is 335. The summed E-state index contributed by atoms with van der Waals surface area (Å²) in [5.74, 6) is 1.03. The van der Waals surface area contributed by atoms with Crippen molar-refractivity contribution in [1.29, 1.82) is 0 Å². The van der Waals surface area contributed by atoms with Crippen LogP contribution in [0.25, 0.3) is 0 Å². The number of carbonyl (C=O) groups excluding carboxylic acids is 1. The maximum atomic E-state index is 11.6. The molecule has 0 bridgehead atoms. The lowest BCUT2D eigenvalue weighted by molar-refractivity contribution is -0.116. The minimum absolute atomic E-state index is 0.00176. The summed E-state index contributed by atoms with van der Waals surface area (Å²) in [5, 5.41) is 5.97. The third-order valence-electron chi connectivity index (χ3n) is 2.76. The van der Waals surface area contributed by atoms with Gasteiger partial charge in [0.15, 0.2) is 0 Å². The Labute approximate surface area is 94.7 Å². The van der Waals surface area contributed by atoms with Crippen molar-refractivity contribution in [2.75, 3.05) is 18.4 Å². The summed E-state index contributed by atoms with van der Waals surface area (Å²) < 4.78 is 0. The van der Waals surface area contributed by atoms with Gasteiger partial charge in [-0.05, 0) is 37.9 Å². The van der Waals surface area contributed by atoms with Crippen LogP contribution in [-0.2, 0) is 4.79 Å². The molecule has 1 aliphatic heterocycles. The van der Waals surface area contributed by atoms with Crippen molar-refractivity contribution in [2.45, 2.75) is 19.3 Å². The zero-order valence-corrected chi connectivity index (χ0v) is 9.15. The van der Waals surface area contributed by atoms with E-state index in [1.807, 2.05) is 0 Å². The first-order valence-corrected chi connectivity index (χ1v) is 5.62. The van der Waals surface area contributed by atoms with Crippen molar-refractivity contribution in [3.63, 3.8) is 0 Å². The second kappa shape index (κ2) is 5.55. The van der Waals surface area contributed by atoms with Gasteiger partial charge in [-0.1, -0.05) is 0 Å². The Hall–Kier alpha value is -1.49. The molecular formula is C11H16N4O. The minimum atomic E-state index is -0.00176. The van der Waals surface area contributed by atoms with E-state index in [0.717, 1.165) is 19.5 Å². The van der Waals surface area contributed by atoms with Gasteiger partial charge in [0.1, 0.15) is 0 Å². The van der Waals surface area contributed by atoms with Crippen LogP contribution in [0.1, 0.15) is 19.3 Å². The van der Waals surface area contributed by atoms with Crippen LogP contribution >= 0.6 is 0 Å². The average Bonchev–Trinajstić information content (AvgIpc) is 2.81. The summed E-state index contributed by atoms with van der Waals surface area (Å²) in [6.45, 7) is 2.11. The van der Waals surface area contributed by atoms with Crippen molar-refractivity contribution in [2.24, 2.45) is 5.92 Å². The molecule has 1 aromatic rings. The van der Waals surface area contributed by atoms with Gasteiger partial charge in [0.05, 0.1) is 0 Å². The largest absolute Gasteiger partial charge is 0.316 e. The number of hydrogen-bond acceptors (Lipinski definition) is 4. The molecule has 2 rings (SSSR count). The summed E-state index contributed by atoms with van der Waals surface area (Å²) in [4.78, 5) is 19.4. The number of amides is 1. The van der Waals surface area contributed by atoms with Gasteiger partial charge in [0.2, 0.25) is 11.9 Å². The van der Waals surface area contributed by atoms with Gasteiger partial charge in [-0.15, -0.1) is 0 Å². The SMILES string of the molecule is O=C(CCC1CCNC1)Nc1ncccn1. The number of anilines is 1. The van der Waals surface area contributed by atoms with E-state index in [-0.39, 0.29) is 5.91 Å². The molecule has 2 heterocycles. The predicted molar refractivity (Wildman–Crippen MR) is 60.9 cm³/mol. The Morgan fingerprint density at radius 2 is 2.31 bits per heavy atom. The van der Waals surface area contributed by atoms with Crippen LogP contribution in [-0.4, -0.2) is 29.0 Å². The van der Waals surface area contributed by atoms with E-state index in [1.165, 1.54) is 6.42 Å². The first kappa shape index (κ1) is 11.0. The van der Waals surface area contributed by atoms with Crippen molar-refractivity contribution in [3.05, 3.63) is 18.5 Å². The molecule has 0 aliphatic carbocycles. The summed E-state index contributed by atoms with van der Waals surface area (Å²) >= 11 is 0. The molecule has 0 spiro atoms. The number of aromatic nitrogens is 2. The molecule has 1 atom stereocenters. The third kappa shape index (κ3) is 3.27. The Balaban J connectivity index is 1.72. The number of hydrogen-bond donors (Lipinski definition) is 2. The van der Waals surface area contributed by atoms with Crippen LogP contribution in [0.4, 0.5) is 5.95 Å².